The first-order valence-corrected chi connectivity index (χ1v) is 6.56. The van der Waals surface area contributed by atoms with E-state index >= 15 is 0 Å². The third-order valence-corrected chi connectivity index (χ3v) is 3.22. The van der Waals surface area contributed by atoms with E-state index in [0.29, 0.717) is 12.6 Å². The number of nitrogens with two attached hydrogens (primary N) is 1. The van der Waals surface area contributed by atoms with Gasteiger partial charge in [0.1, 0.15) is 0 Å². The summed E-state index contributed by atoms with van der Waals surface area (Å²) in [6.45, 7) is 6.45. The molecule has 0 atom stereocenters. The smallest absolute Gasteiger partial charge is 0.232 e. The number of hydrogen-bond donors (Lipinski definition) is 1. The molecule has 1 aromatic rings. The van der Waals surface area contributed by atoms with Crippen LogP contribution in [0.4, 0.5) is 5.69 Å². The topological polar surface area (TPSA) is 46.3 Å². The number of anilines is 1. The Morgan fingerprint density at radius 3 is 2.22 bits per heavy atom. The second-order valence-corrected chi connectivity index (χ2v) is 6.03. The first-order chi connectivity index (χ1) is 8.43. The Balaban J connectivity index is 2.27. The van der Waals surface area contributed by atoms with E-state index in [-0.39, 0.29) is 11.3 Å². The van der Waals surface area contributed by atoms with E-state index in [4.69, 9.17) is 5.73 Å². The molecule has 1 saturated carbocycles. The van der Waals surface area contributed by atoms with Crippen LogP contribution in [-0.4, -0.2) is 11.9 Å². The van der Waals surface area contributed by atoms with Crippen molar-refractivity contribution in [3.63, 3.8) is 0 Å². The monoisotopic (exact) mass is 246 g/mol. The predicted octanol–water partition coefficient (Wildman–Crippen LogP) is 2.69. The highest BCUT2D eigenvalue weighted by molar-refractivity contribution is 5.97. The molecule has 3 nitrogen and oxygen atoms in total. The van der Waals surface area contributed by atoms with Crippen molar-refractivity contribution in [2.24, 2.45) is 11.1 Å². The summed E-state index contributed by atoms with van der Waals surface area (Å²) in [7, 11) is 0. The number of rotatable bonds is 3. The van der Waals surface area contributed by atoms with Crippen molar-refractivity contribution in [3.05, 3.63) is 29.8 Å². The highest BCUT2D eigenvalue weighted by Crippen LogP contribution is 2.35. The lowest BCUT2D eigenvalue weighted by Gasteiger charge is -2.29. The Labute approximate surface area is 109 Å². The Morgan fingerprint density at radius 2 is 1.83 bits per heavy atom. The Morgan fingerprint density at radius 1 is 1.28 bits per heavy atom. The Hall–Kier alpha value is -1.35. The number of carbonyl (C=O) groups is 1. The van der Waals surface area contributed by atoms with Gasteiger partial charge in [-0.15, -0.1) is 0 Å². The number of amides is 1. The van der Waals surface area contributed by atoms with E-state index in [1.165, 1.54) is 0 Å². The van der Waals surface area contributed by atoms with Crippen molar-refractivity contribution >= 4 is 11.6 Å². The minimum Gasteiger partial charge on any atom is -0.326 e. The van der Waals surface area contributed by atoms with Crippen LogP contribution in [0.1, 0.15) is 39.2 Å². The first-order valence-electron chi connectivity index (χ1n) is 6.56. The van der Waals surface area contributed by atoms with Gasteiger partial charge in [0.05, 0.1) is 0 Å². The van der Waals surface area contributed by atoms with Gasteiger partial charge >= 0.3 is 0 Å². The standard InChI is InChI=1S/C15H22N2O/c1-15(2,3)14(18)17(13-8-9-13)12-6-4-11(10-16)5-7-12/h4-7,13H,8-10,16H2,1-3H3. The highest BCUT2D eigenvalue weighted by Gasteiger charge is 2.38. The molecule has 1 aliphatic rings. The third kappa shape index (κ3) is 2.72. The second-order valence-electron chi connectivity index (χ2n) is 6.03. The van der Waals surface area contributed by atoms with Gasteiger partial charge in [-0.1, -0.05) is 32.9 Å². The van der Waals surface area contributed by atoms with Crippen molar-refractivity contribution in [2.45, 2.75) is 46.2 Å². The Bertz CT molecular complexity index is 427. The van der Waals surface area contributed by atoms with Gasteiger partial charge in [-0.25, -0.2) is 0 Å². The van der Waals surface area contributed by atoms with Gasteiger partial charge in [0.25, 0.3) is 0 Å². The number of nitrogens with zero attached hydrogens (tertiary/aromatic N) is 1. The summed E-state index contributed by atoms with van der Waals surface area (Å²) in [5, 5.41) is 0. The van der Waals surface area contributed by atoms with Gasteiger partial charge in [0, 0.05) is 23.7 Å². The normalized spacial score (nSPS) is 15.6. The molecule has 1 aliphatic carbocycles. The first kappa shape index (κ1) is 13.1. The maximum absolute atomic E-state index is 12.5. The molecule has 98 valence electrons. The van der Waals surface area contributed by atoms with Gasteiger partial charge in [-0.2, -0.15) is 0 Å². The van der Waals surface area contributed by atoms with Crippen LogP contribution in [-0.2, 0) is 11.3 Å². The molecule has 2 rings (SSSR count). The largest absolute Gasteiger partial charge is 0.326 e. The van der Waals surface area contributed by atoms with Crippen LogP contribution in [0.25, 0.3) is 0 Å². The van der Waals surface area contributed by atoms with E-state index in [1.807, 2.05) is 49.9 Å². The van der Waals surface area contributed by atoms with Crippen LogP contribution in [0.15, 0.2) is 24.3 Å². The molecule has 3 heteroatoms. The lowest BCUT2D eigenvalue weighted by atomic mass is 9.94. The molecule has 0 heterocycles. The molecule has 1 amide bonds. The molecule has 18 heavy (non-hydrogen) atoms. The van der Waals surface area contributed by atoms with Gasteiger partial charge in [0.2, 0.25) is 5.91 Å². The summed E-state index contributed by atoms with van der Waals surface area (Å²) in [5.41, 5.74) is 7.35. The van der Waals surface area contributed by atoms with E-state index in [0.717, 1.165) is 24.1 Å². The zero-order chi connectivity index (χ0) is 13.3. The second kappa shape index (κ2) is 4.73. The summed E-state index contributed by atoms with van der Waals surface area (Å²) >= 11 is 0. The quantitative estimate of drug-likeness (QED) is 0.891. The van der Waals surface area contributed by atoms with Gasteiger partial charge in [-0.05, 0) is 30.5 Å². The van der Waals surface area contributed by atoms with Gasteiger partial charge in [-0.3, -0.25) is 4.79 Å². The van der Waals surface area contributed by atoms with Crippen LogP contribution >= 0.6 is 0 Å². The average molecular weight is 246 g/mol. The van der Waals surface area contributed by atoms with E-state index in [2.05, 4.69) is 0 Å². The molecule has 0 radical (unpaired) electrons. The summed E-state index contributed by atoms with van der Waals surface area (Å²) in [5.74, 6) is 0.200. The van der Waals surface area contributed by atoms with Crippen LogP contribution in [0.5, 0.6) is 0 Å². The lowest BCUT2D eigenvalue weighted by molar-refractivity contribution is -0.125. The molecular formula is C15H22N2O. The predicted molar refractivity (Wildman–Crippen MR) is 74.3 cm³/mol. The van der Waals surface area contributed by atoms with Crippen molar-refractivity contribution in [1.82, 2.24) is 0 Å². The number of benzene rings is 1. The fourth-order valence-electron chi connectivity index (χ4n) is 1.98. The summed E-state index contributed by atoms with van der Waals surface area (Å²) in [4.78, 5) is 14.5. The number of carbonyl (C=O) groups excluding carboxylic acids is 1. The van der Waals surface area contributed by atoms with Crippen molar-refractivity contribution in [3.8, 4) is 0 Å². The van der Waals surface area contributed by atoms with Crippen LogP contribution in [0.3, 0.4) is 0 Å². The number of hydrogen-bond acceptors (Lipinski definition) is 2. The summed E-state index contributed by atoms with van der Waals surface area (Å²) < 4.78 is 0. The minimum atomic E-state index is -0.338. The molecule has 1 aromatic carbocycles. The average Bonchev–Trinajstić information content (AvgIpc) is 3.13. The van der Waals surface area contributed by atoms with E-state index < -0.39 is 0 Å². The fraction of sp³-hybridized carbons (Fsp3) is 0.533. The minimum absolute atomic E-state index is 0.200. The molecule has 0 spiro atoms. The maximum atomic E-state index is 12.5. The molecule has 0 aliphatic heterocycles. The summed E-state index contributed by atoms with van der Waals surface area (Å²) in [6.07, 6.45) is 2.22. The molecule has 2 N–H and O–H groups in total. The Kier molecular flexibility index (Phi) is 3.44. The zero-order valence-electron chi connectivity index (χ0n) is 11.4. The molecule has 0 saturated heterocycles. The molecule has 1 fully saturated rings. The van der Waals surface area contributed by atoms with E-state index in [1.54, 1.807) is 0 Å². The van der Waals surface area contributed by atoms with Crippen molar-refractivity contribution in [1.29, 1.82) is 0 Å². The fourth-order valence-corrected chi connectivity index (χ4v) is 1.98. The molecular weight excluding hydrogens is 224 g/mol. The third-order valence-electron chi connectivity index (χ3n) is 3.22. The molecule has 0 aromatic heterocycles. The zero-order valence-corrected chi connectivity index (χ0v) is 11.4. The van der Waals surface area contributed by atoms with E-state index in [9.17, 15) is 4.79 Å². The van der Waals surface area contributed by atoms with Gasteiger partial charge in [0.15, 0.2) is 0 Å². The van der Waals surface area contributed by atoms with Crippen LogP contribution in [0.2, 0.25) is 0 Å². The van der Waals surface area contributed by atoms with Gasteiger partial charge < -0.3 is 10.6 Å². The maximum Gasteiger partial charge on any atom is 0.232 e. The van der Waals surface area contributed by atoms with Crippen molar-refractivity contribution in [2.75, 3.05) is 4.90 Å². The molecule has 0 unspecified atom stereocenters. The van der Waals surface area contributed by atoms with Crippen LogP contribution < -0.4 is 10.6 Å². The lowest BCUT2D eigenvalue weighted by Crippen LogP contribution is -2.41. The van der Waals surface area contributed by atoms with Crippen LogP contribution in [0, 0.1) is 5.41 Å². The van der Waals surface area contributed by atoms with Crippen molar-refractivity contribution < 1.29 is 4.79 Å². The highest BCUT2D eigenvalue weighted by atomic mass is 16.2. The molecule has 0 bridgehead atoms. The summed E-state index contributed by atoms with van der Waals surface area (Å²) in [6, 6.07) is 8.40. The SMILES string of the molecule is CC(C)(C)C(=O)N(c1ccc(CN)cc1)C1CC1.